The Morgan fingerprint density at radius 3 is 2.12 bits per heavy atom. The zero-order valence-corrected chi connectivity index (χ0v) is 27.0. The van der Waals surface area contributed by atoms with Crippen molar-refractivity contribution in [3.8, 4) is 11.5 Å². The lowest BCUT2D eigenvalue weighted by Gasteiger charge is -2.29. The van der Waals surface area contributed by atoms with Crippen LogP contribution in [0.1, 0.15) is 36.8 Å². The van der Waals surface area contributed by atoms with Crippen molar-refractivity contribution in [2.75, 3.05) is 51.8 Å². The number of halogens is 2. The predicted molar refractivity (Wildman–Crippen MR) is 176 cm³/mol. The molecule has 2 fully saturated rings. The zero-order chi connectivity index (χ0) is 35.0. The van der Waals surface area contributed by atoms with Gasteiger partial charge in [0.05, 0.1) is 17.7 Å². The Balaban J connectivity index is 0.000000219. The van der Waals surface area contributed by atoms with Gasteiger partial charge in [-0.3, -0.25) is 14.9 Å². The van der Waals surface area contributed by atoms with Crippen LogP contribution in [-0.2, 0) is 14.3 Å². The molecule has 0 spiro atoms. The van der Waals surface area contributed by atoms with Gasteiger partial charge in [0.25, 0.3) is 5.91 Å². The fourth-order valence-electron chi connectivity index (χ4n) is 5.61. The fourth-order valence-corrected chi connectivity index (χ4v) is 5.61. The van der Waals surface area contributed by atoms with Crippen LogP contribution in [0.5, 0.6) is 11.5 Å². The van der Waals surface area contributed by atoms with Crippen molar-refractivity contribution >= 4 is 49.5 Å². The van der Waals surface area contributed by atoms with E-state index in [-0.39, 0.29) is 18.3 Å². The van der Waals surface area contributed by atoms with Crippen LogP contribution < -0.4 is 14.8 Å². The normalized spacial score (nSPS) is 18.2. The number of amides is 1. The van der Waals surface area contributed by atoms with Gasteiger partial charge < -0.3 is 39.2 Å². The number of hydrogen-bond acceptors (Lipinski definition) is 11. The molecule has 1 amide bonds. The van der Waals surface area contributed by atoms with Crippen molar-refractivity contribution in [3.05, 3.63) is 68.3 Å². The van der Waals surface area contributed by atoms with Gasteiger partial charge in [-0.2, -0.15) is 0 Å². The Morgan fingerprint density at radius 2 is 1.58 bits per heavy atom. The summed E-state index contributed by atoms with van der Waals surface area (Å²) in [5.74, 6) is -2.97. The highest BCUT2D eigenvalue weighted by molar-refractivity contribution is 6.45. The molecule has 3 aliphatic rings. The number of benzene rings is 2. The number of ether oxygens (including phenoxy) is 3. The number of hydrogen-bond donors (Lipinski definition) is 3. The van der Waals surface area contributed by atoms with E-state index in [0.29, 0.717) is 29.9 Å². The third-order valence-corrected chi connectivity index (χ3v) is 7.99. The van der Waals surface area contributed by atoms with Crippen molar-refractivity contribution in [2.45, 2.75) is 39.3 Å². The Bertz CT molecular complexity index is 1590. The summed E-state index contributed by atoms with van der Waals surface area (Å²) in [6.07, 6.45) is 7.07. The van der Waals surface area contributed by atoms with E-state index in [2.05, 4.69) is 10.1 Å². The third-order valence-electron chi connectivity index (χ3n) is 7.99. The minimum atomic E-state index is -0.932. The number of nitro benzene ring substituents is 1. The molecule has 0 radical (unpaired) electrons. The smallest absolute Gasteiger partial charge is 0.376 e. The lowest BCUT2D eigenvalue weighted by Crippen LogP contribution is -2.41. The number of nitrogens with zero attached hydrogens (tertiary/aromatic N) is 3. The summed E-state index contributed by atoms with van der Waals surface area (Å²) in [6, 6.07) is 5.44. The molecule has 48 heavy (non-hydrogen) atoms. The van der Waals surface area contributed by atoms with Crippen LogP contribution in [0.15, 0.2) is 35.4 Å². The maximum absolute atomic E-state index is 14.3. The standard InChI is InChI=1S/C16H20BFN2O6.C15H18BFN2O3/c1-17(22)19-5-3-4-11(9-19)6-12-7-13(18)16(14(8-12)20(23)24)26-10-15(21)25-2;1-16(21)19-4-2-3-10(8-19)5-11-6-12(17)15-13(7-11)18-14(20)9-22-15/h6-8,22H,3-5,9-10H2,1-2H3;5-7,21H,2-4,8-9H2,1H3,(H,18,20). The summed E-state index contributed by atoms with van der Waals surface area (Å²) in [6.45, 7) is 5.41. The summed E-state index contributed by atoms with van der Waals surface area (Å²) >= 11 is 0. The van der Waals surface area contributed by atoms with Gasteiger partial charge in [-0.05, 0) is 81.7 Å². The molecule has 256 valence electrons. The van der Waals surface area contributed by atoms with Crippen LogP contribution >= 0.6 is 0 Å². The topological polar surface area (TPSA) is 164 Å². The van der Waals surface area contributed by atoms with Gasteiger partial charge in [0.2, 0.25) is 5.75 Å². The number of carbonyl (C=O) groups is 2. The van der Waals surface area contributed by atoms with Crippen LogP contribution in [0.4, 0.5) is 20.2 Å². The molecule has 3 heterocycles. The van der Waals surface area contributed by atoms with E-state index in [1.807, 2.05) is 15.7 Å². The van der Waals surface area contributed by atoms with Gasteiger partial charge in [0.1, 0.15) is 0 Å². The van der Waals surface area contributed by atoms with Crippen molar-refractivity contribution < 1.29 is 47.6 Å². The maximum Gasteiger partial charge on any atom is 0.376 e. The molecule has 0 aromatic heterocycles. The molecule has 2 saturated heterocycles. The largest absolute Gasteiger partial charge is 0.478 e. The van der Waals surface area contributed by atoms with Crippen LogP contribution in [0.3, 0.4) is 0 Å². The van der Waals surface area contributed by atoms with Crippen molar-refractivity contribution in [2.24, 2.45) is 0 Å². The number of carbonyl (C=O) groups excluding carboxylic acids is 2. The Morgan fingerprint density at radius 1 is 1.02 bits per heavy atom. The zero-order valence-electron chi connectivity index (χ0n) is 27.0. The highest BCUT2D eigenvalue weighted by Crippen LogP contribution is 2.34. The van der Waals surface area contributed by atoms with Gasteiger partial charge in [-0.25, -0.2) is 13.6 Å². The molecule has 17 heteroatoms. The van der Waals surface area contributed by atoms with Crippen molar-refractivity contribution in [3.63, 3.8) is 0 Å². The Hall–Kier alpha value is -4.31. The van der Waals surface area contributed by atoms with E-state index >= 15 is 0 Å². The molecule has 0 aliphatic carbocycles. The van der Waals surface area contributed by atoms with Crippen LogP contribution in [0.25, 0.3) is 12.2 Å². The number of nitro groups is 1. The van der Waals surface area contributed by atoms with E-state index < -0.39 is 54.7 Å². The van der Waals surface area contributed by atoms with Gasteiger partial charge in [0, 0.05) is 19.2 Å². The van der Waals surface area contributed by atoms with Crippen molar-refractivity contribution in [1.29, 1.82) is 0 Å². The molecule has 5 rings (SSSR count). The SMILES string of the molecule is CB(O)N1CCCC(=Cc2cc(F)c3c(c2)NC(=O)CO3)C1.COC(=O)COc1c(F)cc(C=C2CCCN(B(C)O)C2)cc1[N+](=O)[O-]. The lowest BCUT2D eigenvalue weighted by atomic mass is 9.82. The molecule has 3 aliphatic heterocycles. The van der Waals surface area contributed by atoms with E-state index in [1.165, 1.54) is 12.1 Å². The molecule has 3 N–H and O–H groups in total. The second kappa shape index (κ2) is 16.7. The average molecular weight is 670 g/mol. The molecular formula is C31H38B2F2N4O9. The summed E-state index contributed by atoms with van der Waals surface area (Å²) in [4.78, 5) is 36.8. The summed E-state index contributed by atoms with van der Waals surface area (Å²) < 4.78 is 42.8. The van der Waals surface area contributed by atoms with E-state index in [9.17, 15) is 38.5 Å². The number of nitrogens with one attached hydrogen (secondary N) is 1. The van der Waals surface area contributed by atoms with E-state index in [4.69, 9.17) is 9.47 Å². The number of piperidine rings is 2. The molecule has 13 nitrogen and oxygen atoms in total. The molecular weight excluding hydrogens is 632 g/mol. The van der Waals surface area contributed by atoms with Gasteiger partial charge in [-0.1, -0.05) is 23.3 Å². The molecule has 0 unspecified atom stereocenters. The number of esters is 1. The van der Waals surface area contributed by atoms with Gasteiger partial charge in [0.15, 0.2) is 30.6 Å². The molecule has 2 aromatic rings. The van der Waals surface area contributed by atoms with Crippen LogP contribution in [0.2, 0.25) is 13.6 Å². The quantitative estimate of drug-likeness (QED) is 0.163. The van der Waals surface area contributed by atoms with E-state index in [0.717, 1.165) is 63.1 Å². The first-order chi connectivity index (χ1) is 22.8. The minimum absolute atomic E-state index is 0.0935. The fraction of sp³-hybridized carbons (Fsp3) is 0.419. The monoisotopic (exact) mass is 670 g/mol. The Kier molecular flexibility index (Phi) is 12.7. The molecule has 0 atom stereocenters. The molecule has 0 bridgehead atoms. The Labute approximate surface area is 277 Å². The summed E-state index contributed by atoms with van der Waals surface area (Å²) in [7, 11) is 0.0439. The maximum atomic E-state index is 14.3. The summed E-state index contributed by atoms with van der Waals surface area (Å²) in [5.41, 5.74) is 2.88. The predicted octanol–water partition coefficient (Wildman–Crippen LogP) is 3.62. The second-order valence-corrected chi connectivity index (χ2v) is 11.7. The average Bonchev–Trinajstić information content (AvgIpc) is 3.04. The van der Waals surface area contributed by atoms with Gasteiger partial charge in [-0.15, -0.1) is 0 Å². The van der Waals surface area contributed by atoms with Crippen LogP contribution in [0, 0.1) is 21.7 Å². The summed E-state index contributed by atoms with van der Waals surface area (Å²) in [5, 5.41) is 33.2. The second-order valence-electron chi connectivity index (χ2n) is 11.7. The molecule has 0 saturated carbocycles. The van der Waals surface area contributed by atoms with E-state index in [1.54, 1.807) is 25.8 Å². The number of anilines is 1. The first kappa shape index (κ1) is 36.5. The minimum Gasteiger partial charge on any atom is -0.478 e. The number of fused-ring (bicyclic) bond motifs is 1. The number of rotatable bonds is 8. The number of methoxy groups -OCH3 is 1. The highest BCUT2D eigenvalue weighted by Gasteiger charge is 2.25. The lowest BCUT2D eigenvalue weighted by molar-refractivity contribution is -0.386. The first-order valence-corrected chi connectivity index (χ1v) is 15.5. The highest BCUT2D eigenvalue weighted by atomic mass is 19.1. The van der Waals surface area contributed by atoms with Gasteiger partial charge >= 0.3 is 25.8 Å². The third kappa shape index (κ3) is 9.86. The molecule has 2 aromatic carbocycles. The first-order valence-electron chi connectivity index (χ1n) is 15.5. The van der Waals surface area contributed by atoms with Crippen molar-refractivity contribution in [1.82, 2.24) is 9.62 Å². The van der Waals surface area contributed by atoms with Crippen LogP contribution in [-0.4, -0.2) is 97.1 Å².